The van der Waals surface area contributed by atoms with Crippen LogP contribution in [0, 0.1) is 0 Å². The lowest BCUT2D eigenvalue weighted by Gasteiger charge is -2.14. The van der Waals surface area contributed by atoms with Crippen LogP contribution in [0.2, 0.25) is 0 Å². The maximum Gasteiger partial charge on any atom is 0.323 e. The minimum absolute atomic E-state index is 0.0962. The zero-order valence-corrected chi connectivity index (χ0v) is 9.14. The fourth-order valence-corrected chi connectivity index (χ4v) is 1.10. The largest absolute Gasteiger partial charge is 0.480 e. The van der Waals surface area contributed by atoms with E-state index in [2.05, 4.69) is 23.8 Å². The van der Waals surface area contributed by atoms with Crippen LogP contribution >= 0.6 is 0 Å². The number of aromatic nitrogens is 2. The van der Waals surface area contributed by atoms with E-state index in [0.717, 1.165) is 5.56 Å². The summed E-state index contributed by atoms with van der Waals surface area (Å²) in [5.74, 6) is -0.0836. The number of anilines is 1. The second kappa shape index (κ2) is 4.72. The first-order chi connectivity index (χ1) is 7.00. The lowest BCUT2D eigenvalue weighted by Crippen LogP contribution is -2.26. The minimum atomic E-state index is -0.894. The van der Waals surface area contributed by atoms with Crippen LogP contribution in [-0.4, -0.2) is 34.6 Å². The first-order valence-corrected chi connectivity index (χ1v) is 4.75. The van der Waals surface area contributed by atoms with Gasteiger partial charge in [-0.25, -0.2) is 9.97 Å². The molecule has 0 aliphatic rings. The van der Waals surface area contributed by atoms with E-state index in [1.807, 2.05) is 0 Å². The van der Waals surface area contributed by atoms with Crippen LogP contribution in [0.15, 0.2) is 12.4 Å². The van der Waals surface area contributed by atoms with Crippen molar-refractivity contribution < 1.29 is 9.90 Å². The number of aliphatic carboxylic acids is 1. The number of hydrogen-bond donors (Lipinski definition) is 1. The molecule has 1 aromatic heterocycles. The Kier molecular flexibility index (Phi) is 3.60. The summed E-state index contributed by atoms with van der Waals surface area (Å²) < 4.78 is 0. The van der Waals surface area contributed by atoms with Crippen LogP contribution in [0.25, 0.3) is 0 Å². The van der Waals surface area contributed by atoms with Crippen molar-refractivity contribution in [3.8, 4) is 0 Å². The van der Waals surface area contributed by atoms with E-state index in [9.17, 15) is 4.79 Å². The topological polar surface area (TPSA) is 66.3 Å². The van der Waals surface area contributed by atoms with Crippen LogP contribution in [0.5, 0.6) is 0 Å². The molecule has 5 heteroatoms. The van der Waals surface area contributed by atoms with Gasteiger partial charge in [0, 0.05) is 19.4 Å². The van der Waals surface area contributed by atoms with Gasteiger partial charge < -0.3 is 10.0 Å². The third-order valence-corrected chi connectivity index (χ3v) is 2.04. The molecule has 1 aromatic rings. The molecule has 5 nitrogen and oxygen atoms in total. The van der Waals surface area contributed by atoms with E-state index in [1.54, 1.807) is 19.4 Å². The Hall–Kier alpha value is -1.65. The van der Waals surface area contributed by atoms with E-state index in [0.29, 0.717) is 11.9 Å². The lowest BCUT2D eigenvalue weighted by atomic mass is 10.1. The molecule has 1 heterocycles. The monoisotopic (exact) mass is 209 g/mol. The number of nitrogens with zero attached hydrogens (tertiary/aromatic N) is 3. The molecule has 0 aliphatic heterocycles. The van der Waals surface area contributed by atoms with Crippen LogP contribution < -0.4 is 4.90 Å². The maximum atomic E-state index is 10.5. The van der Waals surface area contributed by atoms with Crippen molar-refractivity contribution in [3.63, 3.8) is 0 Å². The van der Waals surface area contributed by atoms with Gasteiger partial charge in [0.15, 0.2) is 0 Å². The Balaban J connectivity index is 2.75. The molecule has 0 saturated carbocycles. The fraction of sp³-hybridized carbons (Fsp3) is 0.500. The second-order valence-electron chi connectivity index (χ2n) is 3.72. The minimum Gasteiger partial charge on any atom is -0.480 e. The van der Waals surface area contributed by atoms with Crippen molar-refractivity contribution in [2.45, 2.75) is 19.8 Å². The summed E-state index contributed by atoms with van der Waals surface area (Å²) in [6, 6.07) is 0. The third-order valence-electron chi connectivity index (χ3n) is 2.04. The van der Waals surface area contributed by atoms with Gasteiger partial charge in [-0.15, -0.1) is 0 Å². The molecule has 0 atom stereocenters. The Labute approximate surface area is 88.8 Å². The number of carbonyl (C=O) groups is 1. The predicted molar refractivity (Wildman–Crippen MR) is 57.0 cm³/mol. The number of likely N-dealkylation sites (N-methyl/N-ethyl adjacent to an activating group) is 1. The first kappa shape index (κ1) is 11.4. The molecular formula is C10H15N3O2. The summed E-state index contributed by atoms with van der Waals surface area (Å²) in [6.07, 6.45) is 3.46. The van der Waals surface area contributed by atoms with E-state index in [4.69, 9.17) is 5.11 Å². The summed E-state index contributed by atoms with van der Waals surface area (Å²) in [7, 11) is 1.65. The SMILES string of the molecule is CC(C)c1cnc(N(C)CC(=O)O)nc1. The summed E-state index contributed by atoms with van der Waals surface area (Å²) in [6.45, 7) is 4.01. The normalized spacial score (nSPS) is 10.4. The maximum absolute atomic E-state index is 10.5. The average molecular weight is 209 g/mol. The number of rotatable bonds is 4. The van der Waals surface area contributed by atoms with Gasteiger partial charge in [-0.05, 0) is 11.5 Å². The quantitative estimate of drug-likeness (QED) is 0.804. The highest BCUT2D eigenvalue weighted by molar-refractivity contribution is 5.72. The predicted octanol–water partition coefficient (Wildman–Crippen LogP) is 1.12. The van der Waals surface area contributed by atoms with Crippen LogP contribution in [0.1, 0.15) is 25.3 Å². The molecule has 0 fully saturated rings. The van der Waals surface area contributed by atoms with Gasteiger partial charge >= 0.3 is 5.97 Å². The Morgan fingerprint density at radius 1 is 1.47 bits per heavy atom. The molecule has 0 unspecified atom stereocenters. The molecule has 0 bridgehead atoms. The summed E-state index contributed by atoms with van der Waals surface area (Å²) in [5, 5.41) is 8.59. The van der Waals surface area contributed by atoms with Crippen LogP contribution in [0.3, 0.4) is 0 Å². The highest BCUT2D eigenvalue weighted by atomic mass is 16.4. The van der Waals surface area contributed by atoms with Crippen molar-refractivity contribution in [1.82, 2.24) is 9.97 Å². The van der Waals surface area contributed by atoms with Crippen molar-refractivity contribution >= 4 is 11.9 Å². The zero-order chi connectivity index (χ0) is 11.4. The van der Waals surface area contributed by atoms with E-state index < -0.39 is 5.97 Å². The number of hydrogen-bond acceptors (Lipinski definition) is 4. The van der Waals surface area contributed by atoms with Crippen molar-refractivity contribution in [2.75, 3.05) is 18.5 Å². The van der Waals surface area contributed by atoms with E-state index in [-0.39, 0.29) is 6.54 Å². The fourth-order valence-electron chi connectivity index (χ4n) is 1.10. The molecule has 15 heavy (non-hydrogen) atoms. The summed E-state index contributed by atoms with van der Waals surface area (Å²) >= 11 is 0. The Bertz CT molecular complexity index is 335. The number of carboxylic acid groups (broad SMARTS) is 1. The molecule has 0 saturated heterocycles. The van der Waals surface area contributed by atoms with Crippen molar-refractivity contribution in [3.05, 3.63) is 18.0 Å². The van der Waals surface area contributed by atoms with E-state index >= 15 is 0 Å². The van der Waals surface area contributed by atoms with Gasteiger partial charge in [0.05, 0.1) is 0 Å². The molecule has 0 aliphatic carbocycles. The Morgan fingerprint density at radius 3 is 2.40 bits per heavy atom. The smallest absolute Gasteiger partial charge is 0.323 e. The van der Waals surface area contributed by atoms with Crippen molar-refractivity contribution in [2.24, 2.45) is 0 Å². The highest BCUT2D eigenvalue weighted by Crippen LogP contribution is 2.13. The number of carboxylic acids is 1. The van der Waals surface area contributed by atoms with Crippen molar-refractivity contribution in [1.29, 1.82) is 0 Å². The van der Waals surface area contributed by atoms with Crippen LogP contribution in [-0.2, 0) is 4.79 Å². The van der Waals surface area contributed by atoms with Gasteiger partial charge in [0.1, 0.15) is 6.54 Å². The molecule has 0 radical (unpaired) electrons. The average Bonchev–Trinajstić information content (AvgIpc) is 2.17. The van der Waals surface area contributed by atoms with Crippen LogP contribution in [0.4, 0.5) is 5.95 Å². The molecule has 1 N–H and O–H groups in total. The van der Waals surface area contributed by atoms with E-state index in [1.165, 1.54) is 4.90 Å². The molecule has 0 aromatic carbocycles. The zero-order valence-electron chi connectivity index (χ0n) is 9.14. The lowest BCUT2D eigenvalue weighted by molar-refractivity contribution is -0.135. The molecule has 82 valence electrons. The summed E-state index contributed by atoms with van der Waals surface area (Å²) in [4.78, 5) is 20.2. The third kappa shape index (κ3) is 3.19. The highest BCUT2D eigenvalue weighted by Gasteiger charge is 2.08. The van der Waals surface area contributed by atoms with Gasteiger partial charge in [-0.3, -0.25) is 4.79 Å². The summed E-state index contributed by atoms with van der Waals surface area (Å²) in [5.41, 5.74) is 1.04. The molecule has 0 amide bonds. The standard InChI is InChI=1S/C10H15N3O2/c1-7(2)8-4-11-10(12-5-8)13(3)6-9(14)15/h4-5,7H,6H2,1-3H3,(H,14,15). The first-order valence-electron chi connectivity index (χ1n) is 4.75. The Morgan fingerprint density at radius 2 is 2.00 bits per heavy atom. The van der Waals surface area contributed by atoms with Gasteiger partial charge in [-0.2, -0.15) is 0 Å². The van der Waals surface area contributed by atoms with Gasteiger partial charge in [0.25, 0.3) is 0 Å². The molecule has 0 spiro atoms. The molecular weight excluding hydrogens is 194 g/mol. The van der Waals surface area contributed by atoms with Gasteiger partial charge in [0.2, 0.25) is 5.95 Å². The van der Waals surface area contributed by atoms with Gasteiger partial charge in [-0.1, -0.05) is 13.8 Å². The molecule has 1 rings (SSSR count). The second-order valence-corrected chi connectivity index (χ2v) is 3.72.